The first-order valence-corrected chi connectivity index (χ1v) is 9.27. The molecule has 136 valence electrons. The zero-order valence-electron chi connectivity index (χ0n) is 15.3. The zero-order chi connectivity index (χ0) is 18.0. The molecular formula is C20H29N3O2. The van der Waals surface area contributed by atoms with E-state index in [0.717, 1.165) is 44.5 Å². The van der Waals surface area contributed by atoms with Gasteiger partial charge in [-0.05, 0) is 50.3 Å². The van der Waals surface area contributed by atoms with Crippen molar-refractivity contribution in [3.63, 3.8) is 0 Å². The van der Waals surface area contributed by atoms with E-state index in [4.69, 9.17) is 5.73 Å². The van der Waals surface area contributed by atoms with Crippen molar-refractivity contribution in [1.29, 1.82) is 0 Å². The normalized spacial score (nSPS) is 26.8. The molecule has 0 spiro atoms. The molecule has 5 nitrogen and oxygen atoms in total. The fourth-order valence-corrected chi connectivity index (χ4v) is 3.88. The lowest BCUT2D eigenvalue weighted by molar-refractivity contribution is -0.136. The number of likely N-dealkylation sites (tertiary alicyclic amines) is 2. The van der Waals surface area contributed by atoms with E-state index in [9.17, 15) is 9.59 Å². The van der Waals surface area contributed by atoms with Crippen LogP contribution in [-0.2, 0) is 4.79 Å². The first-order chi connectivity index (χ1) is 11.9. The summed E-state index contributed by atoms with van der Waals surface area (Å²) in [6.45, 7) is 7.56. The van der Waals surface area contributed by atoms with Crippen molar-refractivity contribution < 1.29 is 9.59 Å². The van der Waals surface area contributed by atoms with Crippen molar-refractivity contribution >= 4 is 11.8 Å². The Hall–Kier alpha value is -1.88. The Balaban J connectivity index is 1.64. The summed E-state index contributed by atoms with van der Waals surface area (Å²) in [5, 5.41) is 0. The summed E-state index contributed by atoms with van der Waals surface area (Å²) in [6.07, 6.45) is 2.72. The topological polar surface area (TPSA) is 66.6 Å². The van der Waals surface area contributed by atoms with E-state index < -0.39 is 0 Å². The second-order valence-electron chi connectivity index (χ2n) is 7.98. The van der Waals surface area contributed by atoms with Gasteiger partial charge in [0.05, 0.1) is 5.92 Å². The first kappa shape index (κ1) is 17.9. The van der Waals surface area contributed by atoms with Gasteiger partial charge in [-0.25, -0.2) is 0 Å². The number of nitrogens with two attached hydrogens (primary N) is 1. The van der Waals surface area contributed by atoms with E-state index in [-0.39, 0.29) is 23.1 Å². The van der Waals surface area contributed by atoms with Crippen molar-refractivity contribution in [2.24, 2.45) is 17.1 Å². The average Bonchev–Trinajstić information content (AvgIpc) is 3.04. The SMILES string of the molecule is Cc1ccc(C(=O)N2CCCC(C(=O)N3CCC(C)(CN)C3)C2)cc1. The number of benzene rings is 1. The Kier molecular flexibility index (Phi) is 5.13. The molecule has 2 N–H and O–H groups in total. The van der Waals surface area contributed by atoms with Crippen LogP contribution in [0, 0.1) is 18.3 Å². The largest absolute Gasteiger partial charge is 0.342 e. The van der Waals surface area contributed by atoms with Gasteiger partial charge in [0.1, 0.15) is 0 Å². The molecule has 0 aliphatic carbocycles. The third-order valence-corrected chi connectivity index (χ3v) is 5.72. The molecule has 2 aliphatic rings. The predicted molar refractivity (Wildman–Crippen MR) is 98.2 cm³/mol. The molecule has 0 bridgehead atoms. The number of amides is 2. The lowest BCUT2D eigenvalue weighted by Crippen LogP contribution is -2.46. The fourth-order valence-electron chi connectivity index (χ4n) is 3.88. The van der Waals surface area contributed by atoms with E-state index >= 15 is 0 Å². The molecule has 0 radical (unpaired) electrons. The lowest BCUT2D eigenvalue weighted by Gasteiger charge is -2.34. The van der Waals surface area contributed by atoms with Gasteiger partial charge in [0.15, 0.2) is 0 Å². The van der Waals surface area contributed by atoms with Gasteiger partial charge in [0, 0.05) is 31.7 Å². The molecule has 0 aromatic heterocycles. The molecule has 1 aromatic carbocycles. The molecule has 5 heteroatoms. The van der Waals surface area contributed by atoms with E-state index in [1.54, 1.807) is 0 Å². The molecule has 2 aliphatic heterocycles. The van der Waals surface area contributed by atoms with Crippen LogP contribution in [0.3, 0.4) is 0 Å². The van der Waals surface area contributed by atoms with Gasteiger partial charge in [-0.15, -0.1) is 0 Å². The van der Waals surface area contributed by atoms with Crippen LogP contribution in [0.1, 0.15) is 42.1 Å². The van der Waals surface area contributed by atoms with Gasteiger partial charge in [0.25, 0.3) is 5.91 Å². The number of aryl methyl sites for hydroxylation is 1. The van der Waals surface area contributed by atoms with Crippen LogP contribution in [0.2, 0.25) is 0 Å². The predicted octanol–water partition coefficient (Wildman–Crippen LogP) is 2.04. The van der Waals surface area contributed by atoms with Gasteiger partial charge in [-0.3, -0.25) is 9.59 Å². The molecular weight excluding hydrogens is 314 g/mol. The standard InChI is InChI=1S/C20H29N3O2/c1-15-5-7-16(8-6-15)18(24)22-10-3-4-17(12-22)19(25)23-11-9-20(2,13-21)14-23/h5-8,17H,3-4,9-14,21H2,1-2H3. The molecule has 2 atom stereocenters. The Labute approximate surface area is 150 Å². The molecule has 2 heterocycles. The summed E-state index contributed by atoms with van der Waals surface area (Å²) in [7, 11) is 0. The molecule has 2 unspecified atom stereocenters. The smallest absolute Gasteiger partial charge is 0.253 e. The maximum absolute atomic E-state index is 12.9. The van der Waals surface area contributed by atoms with Gasteiger partial charge < -0.3 is 15.5 Å². The highest BCUT2D eigenvalue weighted by atomic mass is 16.2. The highest BCUT2D eigenvalue weighted by molar-refractivity contribution is 5.94. The van der Waals surface area contributed by atoms with Crippen molar-refractivity contribution in [2.45, 2.75) is 33.1 Å². The van der Waals surface area contributed by atoms with E-state index in [2.05, 4.69) is 6.92 Å². The van der Waals surface area contributed by atoms with Crippen LogP contribution < -0.4 is 5.73 Å². The average molecular weight is 343 g/mol. The minimum atomic E-state index is -0.0803. The third kappa shape index (κ3) is 3.87. The summed E-state index contributed by atoms with van der Waals surface area (Å²) >= 11 is 0. The summed E-state index contributed by atoms with van der Waals surface area (Å²) < 4.78 is 0. The van der Waals surface area contributed by atoms with Crippen LogP contribution >= 0.6 is 0 Å². The third-order valence-electron chi connectivity index (χ3n) is 5.72. The second kappa shape index (κ2) is 7.16. The van der Waals surface area contributed by atoms with E-state index in [1.165, 1.54) is 0 Å². The molecule has 2 amide bonds. The maximum Gasteiger partial charge on any atom is 0.253 e. The second-order valence-corrected chi connectivity index (χ2v) is 7.98. The van der Waals surface area contributed by atoms with Crippen molar-refractivity contribution in [2.75, 3.05) is 32.7 Å². The number of nitrogens with zero attached hydrogens (tertiary/aromatic N) is 2. The van der Waals surface area contributed by atoms with Crippen LogP contribution in [0.15, 0.2) is 24.3 Å². The summed E-state index contributed by atoms with van der Waals surface area (Å²) in [4.78, 5) is 29.4. The monoisotopic (exact) mass is 343 g/mol. The molecule has 2 saturated heterocycles. The number of hydrogen-bond donors (Lipinski definition) is 1. The van der Waals surface area contributed by atoms with Crippen LogP contribution in [0.5, 0.6) is 0 Å². The van der Waals surface area contributed by atoms with Crippen LogP contribution in [-0.4, -0.2) is 54.3 Å². The van der Waals surface area contributed by atoms with Gasteiger partial charge in [0.2, 0.25) is 5.91 Å². The van der Waals surface area contributed by atoms with Gasteiger partial charge in [-0.1, -0.05) is 24.6 Å². The van der Waals surface area contributed by atoms with Crippen molar-refractivity contribution in [3.8, 4) is 0 Å². The van der Waals surface area contributed by atoms with E-state index in [1.807, 2.05) is 41.0 Å². The lowest BCUT2D eigenvalue weighted by atomic mass is 9.90. The minimum Gasteiger partial charge on any atom is -0.342 e. The molecule has 0 saturated carbocycles. The summed E-state index contributed by atoms with van der Waals surface area (Å²) in [5.74, 6) is 0.146. The fraction of sp³-hybridized carbons (Fsp3) is 0.600. The van der Waals surface area contributed by atoms with Crippen molar-refractivity contribution in [3.05, 3.63) is 35.4 Å². The van der Waals surface area contributed by atoms with Gasteiger partial charge in [-0.2, -0.15) is 0 Å². The number of hydrogen-bond acceptors (Lipinski definition) is 3. The number of piperidine rings is 1. The molecule has 3 rings (SSSR count). The quantitative estimate of drug-likeness (QED) is 0.913. The first-order valence-electron chi connectivity index (χ1n) is 9.27. The minimum absolute atomic E-state index is 0.0331. The van der Waals surface area contributed by atoms with Crippen LogP contribution in [0.25, 0.3) is 0 Å². The molecule has 25 heavy (non-hydrogen) atoms. The van der Waals surface area contributed by atoms with Gasteiger partial charge >= 0.3 is 0 Å². The Morgan fingerprint density at radius 3 is 2.56 bits per heavy atom. The highest BCUT2D eigenvalue weighted by Crippen LogP contribution is 2.31. The summed E-state index contributed by atoms with van der Waals surface area (Å²) in [5.41, 5.74) is 7.74. The Morgan fingerprint density at radius 1 is 1.20 bits per heavy atom. The Morgan fingerprint density at radius 2 is 1.92 bits per heavy atom. The summed E-state index contributed by atoms with van der Waals surface area (Å²) in [6, 6.07) is 7.65. The molecule has 1 aromatic rings. The van der Waals surface area contributed by atoms with Crippen LogP contribution in [0.4, 0.5) is 0 Å². The Bertz CT molecular complexity index is 643. The number of rotatable bonds is 3. The van der Waals surface area contributed by atoms with Crippen molar-refractivity contribution in [1.82, 2.24) is 9.80 Å². The number of carbonyl (C=O) groups is 2. The zero-order valence-corrected chi connectivity index (χ0v) is 15.3. The highest BCUT2D eigenvalue weighted by Gasteiger charge is 2.38. The molecule has 2 fully saturated rings. The maximum atomic E-state index is 12.9. The number of carbonyl (C=O) groups excluding carboxylic acids is 2. The van der Waals surface area contributed by atoms with E-state index in [0.29, 0.717) is 18.7 Å².